The summed E-state index contributed by atoms with van der Waals surface area (Å²) in [6.07, 6.45) is 6.42. The number of hydrogen-bond donors (Lipinski definition) is 1. The van der Waals surface area contributed by atoms with Crippen LogP contribution < -0.4 is 5.73 Å². The van der Waals surface area contributed by atoms with Crippen molar-refractivity contribution in [2.75, 3.05) is 5.73 Å². The molecule has 90 valence electrons. The number of nitrogens with zero attached hydrogens (tertiary/aromatic N) is 1. The fourth-order valence-electron chi connectivity index (χ4n) is 2.28. The molecule has 3 heteroatoms. The van der Waals surface area contributed by atoms with Crippen molar-refractivity contribution < 1.29 is 4.52 Å². The van der Waals surface area contributed by atoms with Crippen molar-refractivity contribution in [1.29, 1.82) is 0 Å². The summed E-state index contributed by atoms with van der Waals surface area (Å²) >= 11 is 0. The molecule has 0 spiro atoms. The Kier molecular flexibility index (Phi) is 5.09. The van der Waals surface area contributed by atoms with Crippen molar-refractivity contribution in [2.45, 2.75) is 45.4 Å². The molecule has 0 saturated carbocycles. The molecule has 1 rings (SSSR count). The van der Waals surface area contributed by atoms with Crippen LogP contribution >= 0.6 is 0 Å². The van der Waals surface area contributed by atoms with Gasteiger partial charge in [-0.25, -0.2) is 0 Å². The summed E-state index contributed by atoms with van der Waals surface area (Å²) in [6.45, 7) is 8.18. The minimum atomic E-state index is 0.409. The third-order valence-electron chi connectivity index (χ3n) is 3.20. The van der Waals surface area contributed by atoms with Crippen LogP contribution in [0.1, 0.15) is 51.1 Å². The molecule has 2 unspecified atom stereocenters. The molecule has 0 bridgehead atoms. The molecule has 0 aromatic carbocycles. The molecule has 0 amide bonds. The number of hydrogen-bond acceptors (Lipinski definition) is 3. The molecule has 2 atom stereocenters. The Balaban J connectivity index is 2.74. The Bertz CT molecular complexity index is 319. The van der Waals surface area contributed by atoms with Crippen LogP contribution in [0, 0.1) is 5.92 Å². The van der Waals surface area contributed by atoms with E-state index < -0.39 is 0 Å². The van der Waals surface area contributed by atoms with Gasteiger partial charge in [0.2, 0.25) is 5.88 Å². The summed E-state index contributed by atoms with van der Waals surface area (Å²) in [6, 6.07) is 1.85. The first kappa shape index (κ1) is 12.8. The predicted molar refractivity (Wildman–Crippen MR) is 67.2 cm³/mol. The van der Waals surface area contributed by atoms with Crippen LogP contribution in [0.5, 0.6) is 0 Å². The molecule has 3 nitrogen and oxygen atoms in total. The van der Waals surface area contributed by atoms with Gasteiger partial charge < -0.3 is 10.3 Å². The van der Waals surface area contributed by atoms with Crippen LogP contribution in [0.4, 0.5) is 5.88 Å². The van der Waals surface area contributed by atoms with Crippen LogP contribution in [-0.2, 0) is 0 Å². The molecule has 16 heavy (non-hydrogen) atoms. The first-order valence-corrected chi connectivity index (χ1v) is 6.05. The molecular formula is C13H22N2O. The summed E-state index contributed by atoms with van der Waals surface area (Å²) < 4.78 is 4.95. The average molecular weight is 222 g/mol. The van der Waals surface area contributed by atoms with Crippen molar-refractivity contribution in [3.8, 4) is 0 Å². The summed E-state index contributed by atoms with van der Waals surface area (Å²) in [5, 5.41) is 4.04. The van der Waals surface area contributed by atoms with Crippen molar-refractivity contribution >= 4 is 5.88 Å². The van der Waals surface area contributed by atoms with E-state index >= 15 is 0 Å². The minimum absolute atomic E-state index is 0.409. The molecule has 0 aliphatic carbocycles. The lowest BCUT2D eigenvalue weighted by molar-refractivity contribution is 0.347. The summed E-state index contributed by atoms with van der Waals surface area (Å²) in [4.78, 5) is 0. The summed E-state index contributed by atoms with van der Waals surface area (Å²) in [5.74, 6) is 1.49. The number of nitrogens with two attached hydrogens (primary N) is 1. The van der Waals surface area contributed by atoms with E-state index in [1.54, 1.807) is 0 Å². The summed E-state index contributed by atoms with van der Waals surface area (Å²) in [5.41, 5.74) is 6.56. The topological polar surface area (TPSA) is 52.0 Å². The maximum Gasteiger partial charge on any atom is 0.222 e. The van der Waals surface area contributed by atoms with Crippen molar-refractivity contribution in [2.24, 2.45) is 5.92 Å². The third-order valence-corrected chi connectivity index (χ3v) is 3.20. The maximum absolute atomic E-state index is 5.57. The molecule has 0 aliphatic heterocycles. The van der Waals surface area contributed by atoms with Crippen LogP contribution in [0.2, 0.25) is 0 Å². The van der Waals surface area contributed by atoms with Gasteiger partial charge in [-0.2, -0.15) is 0 Å². The third kappa shape index (κ3) is 3.12. The lowest BCUT2D eigenvalue weighted by atomic mass is 9.82. The van der Waals surface area contributed by atoms with Crippen LogP contribution in [0.15, 0.2) is 23.2 Å². The minimum Gasteiger partial charge on any atom is -0.368 e. The largest absolute Gasteiger partial charge is 0.368 e. The van der Waals surface area contributed by atoms with Gasteiger partial charge in [-0.05, 0) is 25.2 Å². The second-order valence-corrected chi connectivity index (χ2v) is 4.20. The maximum atomic E-state index is 5.57. The highest BCUT2D eigenvalue weighted by Gasteiger charge is 2.22. The lowest BCUT2D eigenvalue weighted by Crippen LogP contribution is -2.12. The molecule has 0 radical (unpaired) electrons. The average Bonchev–Trinajstić information content (AvgIpc) is 2.70. The molecule has 1 aromatic heterocycles. The monoisotopic (exact) mass is 222 g/mol. The zero-order valence-corrected chi connectivity index (χ0v) is 10.3. The van der Waals surface area contributed by atoms with Gasteiger partial charge in [0.25, 0.3) is 0 Å². The van der Waals surface area contributed by atoms with E-state index in [1.807, 2.05) is 12.1 Å². The number of aromatic nitrogens is 1. The van der Waals surface area contributed by atoms with E-state index in [1.165, 1.54) is 0 Å². The molecule has 0 aliphatic rings. The van der Waals surface area contributed by atoms with Gasteiger partial charge in [0, 0.05) is 12.0 Å². The zero-order valence-electron chi connectivity index (χ0n) is 10.3. The predicted octanol–water partition coefficient (Wildman–Crippen LogP) is 3.74. The smallest absolute Gasteiger partial charge is 0.222 e. The highest BCUT2D eigenvalue weighted by atomic mass is 16.5. The summed E-state index contributed by atoms with van der Waals surface area (Å²) in [7, 11) is 0. The van der Waals surface area contributed by atoms with E-state index in [4.69, 9.17) is 10.3 Å². The van der Waals surface area contributed by atoms with E-state index in [0.29, 0.717) is 17.7 Å². The number of allylic oxidation sites excluding steroid dienone is 1. The quantitative estimate of drug-likeness (QED) is 0.715. The van der Waals surface area contributed by atoms with E-state index in [-0.39, 0.29) is 0 Å². The second-order valence-electron chi connectivity index (χ2n) is 4.20. The SMILES string of the molecule is C=CCCC(CC)C(CC)c1cc(N)on1. The van der Waals surface area contributed by atoms with E-state index in [9.17, 15) is 0 Å². The van der Waals surface area contributed by atoms with Crippen molar-refractivity contribution in [1.82, 2.24) is 5.16 Å². The second kappa shape index (κ2) is 6.36. The van der Waals surface area contributed by atoms with Gasteiger partial charge in [-0.3, -0.25) is 0 Å². The van der Waals surface area contributed by atoms with Gasteiger partial charge in [-0.1, -0.05) is 31.5 Å². The number of nitrogen functional groups attached to an aromatic ring is 1. The van der Waals surface area contributed by atoms with Gasteiger partial charge in [-0.15, -0.1) is 6.58 Å². The van der Waals surface area contributed by atoms with Gasteiger partial charge in [0.15, 0.2) is 0 Å². The highest BCUT2D eigenvalue weighted by molar-refractivity contribution is 5.26. The molecule has 1 aromatic rings. The molecular weight excluding hydrogens is 200 g/mol. The van der Waals surface area contributed by atoms with Crippen LogP contribution in [-0.4, -0.2) is 5.16 Å². The van der Waals surface area contributed by atoms with Crippen molar-refractivity contribution in [3.63, 3.8) is 0 Å². The fraction of sp³-hybridized carbons (Fsp3) is 0.615. The van der Waals surface area contributed by atoms with Crippen LogP contribution in [0.3, 0.4) is 0 Å². The van der Waals surface area contributed by atoms with E-state index in [2.05, 4.69) is 25.6 Å². The Hall–Kier alpha value is -1.25. The molecule has 0 fully saturated rings. The normalized spacial score (nSPS) is 14.6. The van der Waals surface area contributed by atoms with Gasteiger partial charge >= 0.3 is 0 Å². The lowest BCUT2D eigenvalue weighted by Gasteiger charge is -2.22. The Labute approximate surface area is 97.7 Å². The molecule has 0 saturated heterocycles. The molecule has 1 heterocycles. The standard InChI is InChI=1S/C13H22N2O/c1-4-7-8-10(5-2)11(6-3)12-9-13(14)16-15-12/h4,9-11H,1,5-8,14H2,2-3H3. The molecule has 2 N–H and O–H groups in total. The zero-order chi connectivity index (χ0) is 12.0. The van der Waals surface area contributed by atoms with Crippen LogP contribution in [0.25, 0.3) is 0 Å². The Morgan fingerprint density at radius 3 is 2.69 bits per heavy atom. The number of rotatable bonds is 7. The van der Waals surface area contributed by atoms with Crippen molar-refractivity contribution in [3.05, 3.63) is 24.4 Å². The van der Waals surface area contributed by atoms with Gasteiger partial charge in [0.05, 0.1) is 5.69 Å². The highest BCUT2D eigenvalue weighted by Crippen LogP contribution is 2.33. The van der Waals surface area contributed by atoms with Gasteiger partial charge in [0.1, 0.15) is 0 Å². The Morgan fingerprint density at radius 1 is 1.50 bits per heavy atom. The fourth-order valence-corrected chi connectivity index (χ4v) is 2.28. The first-order valence-electron chi connectivity index (χ1n) is 6.05. The number of anilines is 1. The van der Waals surface area contributed by atoms with E-state index in [0.717, 1.165) is 31.4 Å². The first-order chi connectivity index (χ1) is 7.72. The Morgan fingerprint density at radius 2 is 2.25 bits per heavy atom.